The average molecular weight is 311 g/mol. The molecule has 0 fully saturated rings. The van der Waals surface area contributed by atoms with Crippen LogP contribution < -0.4 is 4.57 Å². The van der Waals surface area contributed by atoms with E-state index in [1.807, 2.05) is 12.4 Å². The van der Waals surface area contributed by atoms with Crippen LogP contribution in [0.2, 0.25) is 0 Å². The monoisotopic (exact) mass is 311 g/mol. The summed E-state index contributed by atoms with van der Waals surface area (Å²) < 4.78 is 2.28. The van der Waals surface area contributed by atoms with E-state index in [4.69, 9.17) is 0 Å². The zero-order valence-corrected chi connectivity index (χ0v) is 13.9. The Morgan fingerprint density at radius 1 is 0.750 bits per heavy atom. The molecular weight excluding hydrogens is 292 g/mol. The molecule has 0 unspecified atom stereocenters. The predicted molar refractivity (Wildman–Crippen MR) is 98.5 cm³/mol. The van der Waals surface area contributed by atoms with Crippen LogP contribution in [0.1, 0.15) is 5.56 Å². The van der Waals surface area contributed by atoms with Gasteiger partial charge >= 0.3 is 0 Å². The summed E-state index contributed by atoms with van der Waals surface area (Å²) in [4.78, 5) is 4.13. The van der Waals surface area contributed by atoms with Crippen molar-refractivity contribution in [1.82, 2.24) is 4.98 Å². The normalized spacial score (nSPS) is 10.9. The van der Waals surface area contributed by atoms with Crippen LogP contribution in [0.4, 0.5) is 0 Å². The molecule has 2 aromatic carbocycles. The lowest BCUT2D eigenvalue weighted by Gasteiger charge is -2.09. The van der Waals surface area contributed by atoms with Gasteiger partial charge in [-0.1, -0.05) is 30.3 Å². The molecule has 0 N–H and O–H groups in total. The highest BCUT2D eigenvalue weighted by Gasteiger charge is 2.17. The summed E-state index contributed by atoms with van der Waals surface area (Å²) in [7, 11) is 2.14. The Morgan fingerprint density at radius 3 is 2.29 bits per heavy atom. The molecule has 0 atom stereocenters. The Kier molecular flexibility index (Phi) is 3.58. The third-order valence-electron chi connectivity index (χ3n) is 4.63. The van der Waals surface area contributed by atoms with Gasteiger partial charge in [-0.15, -0.1) is 0 Å². The van der Waals surface area contributed by atoms with Gasteiger partial charge < -0.3 is 0 Å². The second-order valence-electron chi connectivity index (χ2n) is 6.07. The van der Waals surface area contributed by atoms with Gasteiger partial charge in [0, 0.05) is 30.1 Å². The number of rotatable bonds is 2. The van der Waals surface area contributed by atoms with Gasteiger partial charge in [-0.25, -0.2) is 0 Å². The van der Waals surface area contributed by atoms with Crippen molar-refractivity contribution >= 4 is 10.9 Å². The number of hydrogen-bond donors (Lipinski definition) is 0. The van der Waals surface area contributed by atoms with Crippen molar-refractivity contribution in [3.8, 4) is 22.4 Å². The van der Waals surface area contributed by atoms with Gasteiger partial charge in [-0.3, -0.25) is 4.98 Å². The Morgan fingerprint density at radius 2 is 1.50 bits per heavy atom. The molecule has 0 aliphatic rings. The van der Waals surface area contributed by atoms with E-state index < -0.39 is 0 Å². The minimum atomic E-state index is 1.19. The standard InChI is InChI=1S/C22H19N2/c1-16-6-3-4-7-18(16)22-11-10-20-19(17-12-14-23-15-13-17)8-5-9-21(20)24(22)2/h3-15H,1-2H3/q+1. The van der Waals surface area contributed by atoms with Crippen LogP contribution in [0.15, 0.2) is 79.1 Å². The Labute approximate surface area is 142 Å². The van der Waals surface area contributed by atoms with Crippen LogP contribution in [0, 0.1) is 6.92 Å². The van der Waals surface area contributed by atoms with Gasteiger partial charge in [-0.05, 0) is 47.9 Å². The van der Waals surface area contributed by atoms with Crippen LogP contribution in [0.5, 0.6) is 0 Å². The van der Waals surface area contributed by atoms with E-state index in [9.17, 15) is 0 Å². The SMILES string of the molecule is Cc1ccccc1-c1ccc2c(-c3ccncc3)cccc2[n+]1C. The van der Waals surface area contributed by atoms with Crippen LogP contribution in [0.3, 0.4) is 0 Å². The molecule has 4 rings (SSSR count). The van der Waals surface area contributed by atoms with Crippen molar-refractivity contribution in [3.05, 3.63) is 84.7 Å². The zero-order valence-electron chi connectivity index (χ0n) is 13.9. The van der Waals surface area contributed by atoms with Gasteiger partial charge in [0.25, 0.3) is 0 Å². The van der Waals surface area contributed by atoms with E-state index in [0.29, 0.717) is 0 Å². The fourth-order valence-corrected chi connectivity index (χ4v) is 3.34. The first-order valence-corrected chi connectivity index (χ1v) is 8.14. The van der Waals surface area contributed by atoms with Crippen molar-refractivity contribution in [2.24, 2.45) is 7.05 Å². The van der Waals surface area contributed by atoms with E-state index >= 15 is 0 Å². The van der Waals surface area contributed by atoms with Crippen LogP contribution >= 0.6 is 0 Å². The van der Waals surface area contributed by atoms with Gasteiger partial charge in [0.15, 0.2) is 0 Å². The van der Waals surface area contributed by atoms with Crippen molar-refractivity contribution < 1.29 is 4.57 Å². The lowest BCUT2D eigenvalue weighted by Crippen LogP contribution is -2.32. The molecule has 4 aromatic rings. The van der Waals surface area contributed by atoms with Crippen LogP contribution in [0.25, 0.3) is 33.3 Å². The molecule has 0 radical (unpaired) electrons. The molecule has 2 heterocycles. The average Bonchev–Trinajstić information content (AvgIpc) is 2.63. The first kappa shape index (κ1) is 14.6. The quantitative estimate of drug-likeness (QED) is 0.490. The Hall–Kier alpha value is -3.00. The summed E-state index contributed by atoms with van der Waals surface area (Å²) in [5, 5.41) is 1.25. The molecule has 24 heavy (non-hydrogen) atoms. The van der Waals surface area contributed by atoms with Crippen LogP contribution in [-0.2, 0) is 7.05 Å². The fraction of sp³-hybridized carbons (Fsp3) is 0.0909. The molecule has 0 saturated carbocycles. The van der Waals surface area contributed by atoms with Crippen molar-refractivity contribution in [3.63, 3.8) is 0 Å². The van der Waals surface area contributed by atoms with E-state index in [1.54, 1.807) is 0 Å². The van der Waals surface area contributed by atoms with Gasteiger partial charge in [0.05, 0.1) is 5.39 Å². The summed E-state index contributed by atoms with van der Waals surface area (Å²) in [6, 6.07) is 23.6. The maximum Gasteiger partial charge on any atom is 0.213 e. The smallest absolute Gasteiger partial charge is 0.213 e. The molecular formula is C22H19N2+. The maximum atomic E-state index is 4.13. The van der Waals surface area contributed by atoms with Crippen molar-refractivity contribution in [1.29, 1.82) is 0 Å². The van der Waals surface area contributed by atoms with Crippen LogP contribution in [-0.4, -0.2) is 4.98 Å². The minimum Gasteiger partial charge on any atom is -0.265 e. The predicted octanol–water partition coefficient (Wildman–Crippen LogP) is 4.70. The number of pyridine rings is 2. The number of hydrogen-bond acceptors (Lipinski definition) is 1. The summed E-state index contributed by atoms with van der Waals surface area (Å²) in [5.74, 6) is 0. The largest absolute Gasteiger partial charge is 0.265 e. The molecule has 116 valence electrons. The number of benzene rings is 2. The van der Waals surface area contributed by atoms with E-state index in [1.165, 1.54) is 38.9 Å². The van der Waals surface area contributed by atoms with E-state index in [-0.39, 0.29) is 0 Å². The second kappa shape index (κ2) is 5.89. The minimum absolute atomic E-state index is 1.19. The van der Waals surface area contributed by atoms with Crippen molar-refractivity contribution in [2.45, 2.75) is 6.92 Å². The highest BCUT2D eigenvalue weighted by molar-refractivity contribution is 5.93. The van der Waals surface area contributed by atoms with Gasteiger partial charge in [0.2, 0.25) is 11.2 Å². The highest BCUT2D eigenvalue weighted by atomic mass is 14.9. The lowest BCUT2D eigenvalue weighted by atomic mass is 9.99. The summed E-state index contributed by atoms with van der Waals surface area (Å²) >= 11 is 0. The fourth-order valence-electron chi connectivity index (χ4n) is 3.34. The van der Waals surface area contributed by atoms with E-state index in [2.05, 4.69) is 90.3 Å². The Bertz CT molecular complexity index is 1020. The molecule has 0 spiro atoms. The molecule has 0 bridgehead atoms. The third-order valence-corrected chi connectivity index (χ3v) is 4.63. The summed E-state index contributed by atoms with van der Waals surface area (Å²) in [5.41, 5.74) is 7.45. The first-order valence-electron chi connectivity index (χ1n) is 8.14. The number of fused-ring (bicyclic) bond motifs is 1. The second-order valence-corrected chi connectivity index (χ2v) is 6.07. The maximum absolute atomic E-state index is 4.13. The highest BCUT2D eigenvalue weighted by Crippen LogP contribution is 2.29. The van der Waals surface area contributed by atoms with Gasteiger partial charge in [0.1, 0.15) is 7.05 Å². The Balaban J connectivity index is 1.97. The molecule has 0 aliphatic heterocycles. The molecule has 2 heteroatoms. The number of aryl methyl sites for hydroxylation is 2. The number of nitrogens with zero attached hydrogens (tertiary/aromatic N) is 2. The van der Waals surface area contributed by atoms with Gasteiger partial charge in [-0.2, -0.15) is 4.57 Å². The first-order chi connectivity index (χ1) is 11.8. The molecule has 2 aromatic heterocycles. The molecule has 0 amide bonds. The molecule has 0 aliphatic carbocycles. The van der Waals surface area contributed by atoms with Crippen molar-refractivity contribution in [2.75, 3.05) is 0 Å². The van der Waals surface area contributed by atoms with E-state index in [0.717, 1.165) is 0 Å². The molecule has 2 nitrogen and oxygen atoms in total. The number of aromatic nitrogens is 2. The molecule has 0 saturated heterocycles. The zero-order chi connectivity index (χ0) is 16.5. The third kappa shape index (κ3) is 2.37. The summed E-state index contributed by atoms with van der Waals surface area (Å²) in [6.07, 6.45) is 3.69. The summed E-state index contributed by atoms with van der Waals surface area (Å²) in [6.45, 7) is 2.16. The lowest BCUT2D eigenvalue weighted by molar-refractivity contribution is -0.633. The topological polar surface area (TPSA) is 16.8 Å².